The molecule has 120 valence electrons. The fourth-order valence-corrected chi connectivity index (χ4v) is 3.60. The van der Waals surface area contributed by atoms with Crippen molar-refractivity contribution in [3.63, 3.8) is 0 Å². The Kier molecular flexibility index (Phi) is 5.04. The minimum Gasteiger partial charge on any atom is -0.384 e. The van der Waals surface area contributed by atoms with Crippen LogP contribution in [0, 0.1) is 5.92 Å². The van der Waals surface area contributed by atoms with Gasteiger partial charge in [0, 0.05) is 50.1 Å². The monoisotopic (exact) mass is 299 g/mol. The van der Waals surface area contributed by atoms with Gasteiger partial charge in [-0.25, -0.2) is 0 Å². The van der Waals surface area contributed by atoms with Crippen LogP contribution in [0.2, 0.25) is 0 Å². The summed E-state index contributed by atoms with van der Waals surface area (Å²) in [5.74, 6) is 0.942. The Morgan fingerprint density at radius 3 is 2.73 bits per heavy atom. The van der Waals surface area contributed by atoms with Crippen molar-refractivity contribution in [1.82, 2.24) is 4.90 Å². The first-order chi connectivity index (χ1) is 10.8. The Hall–Kier alpha value is -1.48. The van der Waals surface area contributed by atoms with Crippen molar-refractivity contribution in [3.05, 3.63) is 36.9 Å². The Balaban J connectivity index is 1.44. The van der Waals surface area contributed by atoms with E-state index in [2.05, 4.69) is 59.0 Å². The van der Waals surface area contributed by atoms with Gasteiger partial charge in [0.25, 0.3) is 0 Å². The molecule has 0 saturated carbocycles. The van der Waals surface area contributed by atoms with Gasteiger partial charge in [-0.1, -0.05) is 19.4 Å². The lowest BCUT2D eigenvalue weighted by Crippen LogP contribution is -2.47. The number of benzene rings is 1. The van der Waals surface area contributed by atoms with Crippen LogP contribution in [0.4, 0.5) is 11.4 Å². The van der Waals surface area contributed by atoms with Crippen molar-refractivity contribution >= 4 is 11.4 Å². The largest absolute Gasteiger partial charge is 0.384 e. The van der Waals surface area contributed by atoms with E-state index in [1.807, 2.05) is 0 Å². The van der Waals surface area contributed by atoms with Crippen molar-refractivity contribution < 1.29 is 0 Å². The summed E-state index contributed by atoms with van der Waals surface area (Å²) in [4.78, 5) is 5.00. The molecule has 1 N–H and O–H groups in total. The molecule has 1 aromatic carbocycles. The average Bonchev–Trinajstić information content (AvgIpc) is 2.98. The van der Waals surface area contributed by atoms with Crippen molar-refractivity contribution in [2.75, 3.05) is 42.9 Å². The number of likely N-dealkylation sites (tertiary alicyclic amines) is 1. The number of anilines is 2. The number of nitrogens with zero attached hydrogens (tertiary/aromatic N) is 2. The first-order valence-electron chi connectivity index (χ1n) is 8.75. The Bertz CT molecular complexity index is 476. The molecule has 1 unspecified atom stereocenters. The van der Waals surface area contributed by atoms with E-state index in [-0.39, 0.29) is 0 Å². The molecule has 1 atom stereocenters. The van der Waals surface area contributed by atoms with Crippen molar-refractivity contribution in [2.45, 2.75) is 32.2 Å². The van der Waals surface area contributed by atoms with E-state index in [9.17, 15) is 0 Å². The van der Waals surface area contributed by atoms with E-state index in [1.54, 1.807) is 0 Å². The first kappa shape index (κ1) is 15.4. The predicted molar refractivity (Wildman–Crippen MR) is 95.7 cm³/mol. The minimum absolute atomic E-state index is 0.511. The molecule has 0 aromatic heterocycles. The highest BCUT2D eigenvalue weighted by Gasteiger charge is 2.24. The predicted octanol–water partition coefficient (Wildman–Crippen LogP) is 3.60. The summed E-state index contributed by atoms with van der Waals surface area (Å²) in [6, 6.07) is 9.40. The van der Waals surface area contributed by atoms with Gasteiger partial charge in [0.05, 0.1) is 0 Å². The maximum absolute atomic E-state index is 3.96. The Morgan fingerprint density at radius 1 is 1.27 bits per heavy atom. The molecular weight excluding hydrogens is 270 g/mol. The number of rotatable bonds is 7. The van der Waals surface area contributed by atoms with E-state index < -0.39 is 0 Å². The zero-order valence-corrected chi connectivity index (χ0v) is 13.8. The third-order valence-electron chi connectivity index (χ3n) is 5.14. The van der Waals surface area contributed by atoms with Crippen LogP contribution in [-0.2, 0) is 0 Å². The van der Waals surface area contributed by atoms with Gasteiger partial charge in [-0.2, -0.15) is 0 Å². The molecule has 0 amide bonds. The maximum Gasteiger partial charge on any atom is 0.0471 e. The van der Waals surface area contributed by atoms with Crippen LogP contribution in [0.5, 0.6) is 0 Å². The zero-order valence-electron chi connectivity index (χ0n) is 13.8. The highest BCUT2D eigenvalue weighted by atomic mass is 15.2. The smallest absolute Gasteiger partial charge is 0.0471 e. The molecule has 2 aliphatic rings. The molecule has 3 heteroatoms. The molecule has 0 spiro atoms. The lowest BCUT2D eigenvalue weighted by atomic mass is 9.98. The van der Waals surface area contributed by atoms with E-state index >= 15 is 0 Å². The highest BCUT2D eigenvalue weighted by Crippen LogP contribution is 2.27. The molecule has 2 aliphatic heterocycles. The third-order valence-corrected chi connectivity index (χ3v) is 5.14. The van der Waals surface area contributed by atoms with Gasteiger partial charge in [0.1, 0.15) is 0 Å². The Labute approximate surface area is 135 Å². The van der Waals surface area contributed by atoms with Gasteiger partial charge < -0.3 is 15.1 Å². The molecule has 2 heterocycles. The van der Waals surface area contributed by atoms with Gasteiger partial charge in [-0.05, 0) is 43.0 Å². The van der Waals surface area contributed by atoms with Crippen molar-refractivity contribution in [2.24, 2.45) is 5.92 Å². The molecular formula is C19H29N3. The summed E-state index contributed by atoms with van der Waals surface area (Å²) >= 11 is 0. The average molecular weight is 299 g/mol. The van der Waals surface area contributed by atoms with Crippen molar-refractivity contribution in [3.8, 4) is 0 Å². The Morgan fingerprint density at radius 2 is 2.05 bits per heavy atom. The topological polar surface area (TPSA) is 18.5 Å². The summed E-state index contributed by atoms with van der Waals surface area (Å²) in [7, 11) is 0. The second-order valence-corrected chi connectivity index (χ2v) is 6.65. The first-order valence-corrected chi connectivity index (χ1v) is 8.75. The van der Waals surface area contributed by atoms with Crippen LogP contribution in [0.25, 0.3) is 0 Å². The number of hydrogen-bond donors (Lipinski definition) is 1. The number of nitrogens with one attached hydrogen (secondary N) is 1. The molecule has 3 nitrogen and oxygen atoms in total. The standard InChI is InChI=1S/C19H29N3/c1-3-16-14-21(15-16)13-11-20-17-7-9-19(10-8-17)22-12-5-6-18(22)4-2/h4,7-10,16,18,20H,2-3,5-6,11-15H2,1H3. The molecule has 3 rings (SSSR count). The minimum atomic E-state index is 0.511. The molecule has 2 fully saturated rings. The van der Waals surface area contributed by atoms with Gasteiger partial charge in [-0.15, -0.1) is 6.58 Å². The van der Waals surface area contributed by atoms with E-state index in [4.69, 9.17) is 0 Å². The van der Waals surface area contributed by atoms with Crippen LogP contribution in [0.1, 0.15) is 26.2 Å². The lowest BCUT2D eigenvalue weighted by Gasteiger charge is -2.38. The third kappa shape index (κ3) is 3.46. The summed E-state index contributed by atoms with van der Waals surface area (Å²) < 4.78 is 0. The normalized spacial score (nSPS) is 22.6. The second-order valence-electron chi connectivity index (χ2n) is 6.65. The van der Waals surface area contributed by atoms with Gasteiger partial charge in [0.15, 0.2) is 0 Å². The van der Waals surface area contributed by atoms with Crippen molar-refractivity contribution in [1.29, 1.82) is 0 Å². The molecule has 22 heavy (non-hydrogen) atoms. The van der Waals surface area contributed by atoms with Crippen LogP contribution >= 0.6 is 0 Å². The molecule has 0 radical (unpaired) electrons. The van der Waals surface area contributed by atoms with Gasteiger partial charge >= 0.3 is 0 Å². The second kappa shape index (κ2) is 7.19. The zero-order chi connectivity index (χ0) is 15.4. The quantitative estimate of drug-likeness (QED) is 0.776. The van der Waals surface area contributed by atoms with Crippen LogP contribution in [0.3, 0.4) is 0 Å². The van der Waals surface area contributed by atoms with Crippen LogP contribution < -0.4 is 10.2 Å². The van der Waals surface area contributed by atoms with E-state index in [1.165, 1.54) is 43.7 Å². The summed E-state index contributed by atoms with van der Waals surface area (Å²) in [5.41, 5.74) is 2.55. The van der Waals surface area contributed by atoms with E-state index in [0.29, 0.717) is 6.04 Å². The molecule has 1 aromatic rings. The van der Waals surface area contributed by atoms with E-state index in [0.717, 1.165) is 25.6 Å². The molecule has 0 bridgehead atoms. The summed E-state index contributed by atoms with van der Waals surface area (Å²) in [6.45, 7) is 12.2. The molecule has 2 saturated heterocycles. The van der Waals surface area contributed by atoms with Gasteiger partial charge in [0.2, 0.25) is 0 Å². The fourth-order valence-electron chi connectivity index (χ4n) is 3.60. The fraction of sp³-hybridized carbons (Fsp3) is 0.579. The van der Waals surface area contributed by atoms with Crippen LogP contribution in [-0.4, -0.2) is 43.7 Å². The highest BCUT2D eigenvalue weighted by molar-refractivity contribution is 5.56. The van der Waals surface area contributed by atoms with Crippen LogP contribution in [0.15, 0.2) is 36.9 Å². The lowest BCUT2D eigenvalue weighted by molar-refractivity contribution is 0.103. The van der Waals surface area contributed by atoms with Gasteiger partial charge in [-0.3, -0.25) is 0 Å². The number of hydrogen-bond acceptors (Lipinski definition) is 3. The molecule has 0 aliphatic carbocycles. The maximum atomic E-state index is 3.96. The summed E-state index contributed by atoms with van der Waals surface area (Å²) in [6.07, 6.45) is 5.91. The SMILES string of the molecule is C=CC1CCCN1c1ccc(NCCN2CC(CC)C2)cc1. The summed E-state index contributed by atoms with van der Waals surface area (Å²) in [5, 5.41) is 3.54.